The fraction of sp³-hybridized carbons (Fsp3) is 0.391. The average Bonchev–Trinajstić information content (AvgIpc) is 3.25. The summed E-state index contributed by atoms with van der Waals surface area (Å²) in [5.74, 6) is 1.71. The number of aliphatic imine (C=N–C) groups is 1. The maximum Gasteiger partial charge on any atom is 0.313 e. The molecule has 30 heavy (non-hydrogen) atoms. The SMILES string of the molecule is CCN1C(=NCc2ccc3c(c2)OCO3)N[C@@H](c2ccccc2)[C@H](C(=O)OC)[C@H]1C. The van der Waals surface area contributed by atoms with Crippen molar-refractivity contribution in [3.8, 4) is 11.5 Å². The molecule has 0 unspecified atom stereocenters. The Morgan fingerprint density at radius 3 is 2.70 bits per heavy atom. The van der Waals surface area contributed by atoms with Gasteiger partial charge in [-0.15, -0.1) is 0 Å². The van der Waals surface area contributed by atoms with Crippen LogP contribution in [-0.2, 0) is 16.1 Å². The van der Waals surface area contributed by atoms with Crippen LogP contribution in [0.4, 0.5) is 0 Å². The van der Waals surface area contributed by atoms with Crippen molar-refractivity contribution >= 4 is 11.9 Å². The first-order chi connectivity index (χ1) is 14.6. The minimum absolute atomic E-state index is 0.0654. The Morgan fingerprint density at radius 2 is 1.97 bits per heavy atom. The van der Waals surface area contributed by atoms with Crippen LogP contribution in [0.5, 0.6) is 11.5 Å². The van der Waals surface area contributed by atoms with Crippen molar-refractivity contribution in [2.24, 2.45) is 10.9 Å². The quantitative estimate of drug-likeness (QED) is 0.765. The minimum Gasteiger partial charge on any atom is -0.469 e. The highest BCUT2D eigenvalue weighted by Crippen LogP contribution is 2.34. The molecule has 7 heteroatoms. The zero-order valence-electron chi connectivity index (χ0n) is 17.5. The summed E-state index contributed by atoms with van der Waals surface area (Å²) < 4.78 is 16.0. The molecule has 2 aliphatic heterocycles. The molecule has 2 heterocycles. The molecule has 2 aromatic carbocycles. The van der Waals surface area contributed by atoms with Gasteiger partial charge in [0, 0.05) is 12.6 Å². The second kappa shape index (κ2) is 8.65. The van der Waals surface area contributed by atoms with E-state index in [1.54, 1.807) is 0 Å². The van der Waals surface area contributed by atoms with Crippen LogP contribution in [0.3, 0.4) is 0 Å². The number of nitrogens with zero attached hydrogens (tertiary/aromatic N) is 2. The van der Waals surface area contributed by atoms with E-state index in [0.717, 1.165) is 35.1 Å². The molecule has 3 atom stereocenters. The number of ether oxygens (including phenoxy) is 3. The van der Waals surface area contributed by atoms with Gasteiger partial charge in [-0.25, -0.2) is 4.99 Å². The number of guanidine groups is 1. The molecule has 0 bridgehead atoms. The highest BCUT2D eigenvalue weighted by atomic mass is 16.7. The third-order valence-electron chi connectivity index (χ3n) is 5.75. The van der Waals surface area contributed by atoms with E-state index in [0.29, 0.717) is 6.54 Å². The predicted octanol–water partition coefficient (Wildman–Crippen LogP) is 3.12. The molecule has 1 N–H and O–H groups in total. The number of esters is 1. The van der Waals surface area contributed by atoms with E-state index in [2.05, 4.69) is 24.1 Å². The van der Waals surface area contributed by atoms with E-state index in [9.17, 15) is 4.79 Å². The maximum absolute atomic E-state index is 12.7. The number of nitrogens with one attached hydrogen (secondary N) is 1. The summed E-state index contributed by atoms with van der Waals surface area (Å²) in [6.07, 6.45) is 0. The molecule has 0 radical (unpaired) electrons. The van der Waals surface area contributed by atoms with Crippen LogP contribution >= 0.6 is 0 Å². The summed E-state index contributed by atoms with van der Waals surface area (Å²) in [6.45, 7) is 5.59. The molecule has 1 fully saturated rings. The largest absolute Gasteiger partial charge is 0.469 e. The Bertz CT molecular complexity index is 931. The highest BCUT2D eigenvalue weighted by molar-refractivity contribution is 5.85. The number of rotatable bonds is 5. The van der Waals surface area contributed by atoms with Crippen molar-refractivity contribution in [2.75, 3.05) is 20.4 Å². The monoisotopic (exact) mass is 409 g/mol. The first-order valence-corrected chi connectivity index (χ1v) is 10.2. The van der Waals surface area contributed by atoms with Crippen molar-refractivity contribution in [3.05, 3.63) is 59.7 Å². The van der Waals surface area contributed by atoms with Gasteiger partial charge >= 0.3 is 5.97 Å². The second-order valence-corrected chi connectivity index (χ2v) is 7.44. The van der Waals surface area contributed by atoms with E-state index < -0.39 is 0 Å². The standard InChI is InChI=1S/C23H27N3O4/c1-4-26-15(2)20(22(27)28-3)21(17-8-6-5-7-9-17)25-23(26)24-13-16-10-11-18-19(12-16)30-14-29-18/h5-12,15,20-21H,4,13-14H2,1-3H3,(H,24,25)/t15-,20-,21+/m1/s1. The van der Waals surface area contributed by atoms with Crippen LogP contribution < -0.4 is 14.8 Å². The zero-order valence-corrected chi connectivity index (χ0v) is 17.5. The lowest BCUT2D eigenvalue weighted by atomic mass is 9.85. The number of benzene rings is 2. The Balaban J connectivity index is 1.63. The molecule has 0 aromatic heterocycles. The van der Waals surface area contributed by atoms with Gasteiger partial charge in [-0.1, -0.05) is 36.4 Å². The molecule has 0 amide bonds. The van der Waals surface area contributed by atoms with Crippen molar-refractivity contribution in [1.82, 2.24) is 10.2 Å². The predicted molar refractivity (Wildman–Crippen MR) is 113 cm³/mol. The van der Waals surface area contributed by atoms with Gasteiger partial charge in [-0.2, -0.15) is 0 Å². The Kier molecular flexibility index (Phi) is 5.79. The van der Waals surface area contributed by atoms with Gasteiger partial charge in [-0.3, -0.25) is 4.79 Å². The number of methoxy groups -OCH3 is 1. The lowest BCUT2D eigenvalue weighted by Crippen LogP contribution is -2.60. The number of carbonyl (C=O) groups excluding carboxylic acids is 1. The fourth-order valence-electron chi connectivity index (χ4n) is 4.18. The molecular weight excluding hydrogens is 382 g/mol. The van der Waals surface area contributed by atoms with Gasteiger partial charge < -0.3 is 24.4 Å². The molecule has 0 saturated carbocycles. The molecule has 2 aliphatic rings. The van der Waals surface area contributed by atoms with Crippen LogP contribution in [-0.4, -0.2) is 43.3 Å². The fourth-order valence-corrected chi connectivity index (χ4v) is 4.18. The van der Waals surface area contributed by atoms with Gasteiger partial charge in [0.15, 0.2) is 17.5 Å². The van der Waals surface area contributed by atoms with Crippen LogP contribution in [0.25, 0.3) is 0 Å². The van der Waals surface area contributed by atoms with Gasteiger partial charge in [0.2, 0.25) is 6.79 Å². The summed E-state index contributed by atoms with van der Waals surface area (Å²) in [6, 6.07) is 15.6. The topological polar surface area (TPSA) is 72.4 Å². The average molecular weight is 409 g/mol. The van der Waals surface area contributed by atoms with E-state index in [1.165, 1.54) is 7.11 Å². The van der Waals surface area contributed by atoms with E-state index in [-0.39, 0.29) is 30.8 Å². The minimum atomic E-state index is -0.346. The number of hydrogen-bond acceptors (Lipinski definition) is 5. The van der Waals surface area contributed by atoms with Crippen LogP contribution in [0.1, 0.15) is 31.0 Å². The second-order valence-electron chi connectivity index (χ2n) is 7.44. The smallest absolute Gasteiger partial charge is 0.313 e. The molecule has 4 rings (SSSR count). The lowest BCUT2D eigenvalue weighted by molar-refractivity contribution is -0.149. The molecule has 158 valence electrons. The maximum atomic E-state index is 12.7. The molecule has 0 aliphatic carbocycles. The van der Waals surface area contributed by atoms with E-state index in [1.807, 2.05) is 48.5 Å². The third kappa shape index (κ3) is 3.79. The van der Waals surface area contributed by atoms with Gasteiger partial charge in [0.1, 0.15) is 5.92 Å². The summed E-state index contributed by atoms with van der Waals surface area (Å²) in [4.78, 5) is 19.6. The Labute approximate surface area is 176 Å². The van der Waals surface area contributed by atoms with Gasteiger partial charge in [0.05, 0.1) is 19.7 Å². The molecule has 2 aromatic rings. The molecular formula is C23H27N3O4. The highest BCUT2D eigenvalue weighted by Gasteiger charge is 2.43. The van der Waals surface area contributed by atoms with Crippen molar-refractivity contribution in [2.45, 2.75) is 32.5 Å². The van der Waals surface area contributed by atoms with Crippen LogP contribution in [0.2, 0.25) is 0 Å². The Morgan fingerprint density at radius 1 is 1.20 bits per heavy atom. The van der Waals surface area contributed by atoms with E-state index >= 15 is 0 Å². The van der Waals surface area contributed by atoms with Gasteiger partial charge in [0.25, 0.3) is 0 Å². The summed E-state index contributed by atoms with van der Waals surface area (Å²) in [7, 11) is 1.44. The molecule has 1 saturated heterocycles. The van der Waals surface area contributed by atoms with Crippen molar-refractivity contribution in [3.63, 3.8) is 0 Å². The number of carbonyl (C=O) groups is 1. The molecule has 0 spiro atoms. The number of hydrogen-bond donors (Lipinski definition) is 1. The Hall–Kier alpha value is -3.22. The van der Waals surface area contributed by atoms with Crippen molar-refractivity contribution in [1.29, 1.82) is 0 Å². The summed E-state index contributed by atoms with van der Waals surface area (Å²) >= 11 is 0. The van der Waals surface area contributed by atoms with Gasteiger partial charge in [-0.05, 0) is 37.1 Å². The number of fused-ring (bicyclic) bond motifs is 1. The first-order valence-electron chi connectivity index (χ1n) is 10.2. The lowest BCUT2D eigenvalue weighted by Gasteiger charge is -2.45. The van der Waals surface area contributed by atoms with Crippen LogP contribution in [0.15, 0.2) is 53.5 Å². The van der Waals surface area contributed by atoms with Crippen LogP contribution in [0, 0.1) is 5.92 Å². The normalized spacial score (nSPS) is 23.9. The third-order valence-corrected chi connectivity index (χ3v) is 5.75. The summed E-state index contributed by atoms with van der Waals surface area (Å²) in [5.41, 5.74) is 2.06. The van der Waals surface area contributed by atoms with E-state index in [4.69, 9.17) is 19.2 Å². The zero-order chi connectivity index (χ0) is 21.1. The van der Waals surface area contributed by atoms with Crippen molar-refractivity contribution < 1.29 is 19.0 Å². The first kappa shape index (κ1) is 20.1. The summed E-state index contributed by atoms with van der Waals surface area (Å²) in [5, 5.41) is 3.51. The molecule has 7 nitrogen and oxygen atoms in total.